The number of ketones is 1. The molecular weight excluding hydrogens is 184 g/mol. The molecule has 0 aromatic carbocycles. The van der Waals surface area contributed by atoms with Crippen LogP contribution in [0, 0.1) is 5.92 Å². The Balaban J connectivity index is 2.13. The topological polar surface area (TPSA) is 55.8 Å². The van der Waals surface area contributed by atoms with Crippen molar-refractivity contribution in [2.24, 2.45) is 5.92 Å². The highest BCUT2D eigenvalue weighted by atomic mass is 16.7. The van der Waals surface area contributed by atoms with Crippen molar-refractivity contribution in [2.75, 3.05) is 13.2 Å². The molecule has 0 bridgehead atoms. The van der Waals surface area contributed by atoms with E-state index in [1.165, 1.54) is 0 Å². The van der Waals surface area contributed by atoms with Gasteiger partial charge in [-0.15, -0.1) is 0 Å². The number of aliphatic hydroxyl groups is 1. The van der Waals surface area contributed by atoms with Crippen LogP contribution < -0.4 is 0 Å². The van der Waals surface area contributed by atoms with Crippen molar-refractivity contribution in [1.82, 2.24) is 0 Å². The predicted molar refractivity (Wildman–Crippen MR) is 48.7 cm³/mol. The van der Waals surface area contributed by atoms with Gasteiger partial charge in [-0.3, -0.25) is 4.79 Å². The first-order chi connectivity index (χ1) is 6.63. The highest BCUT2D eigenvalue weighted by Crippen LogP contribution is 2.35. The standard InChI is InChI=1S/C10H16O4/c1-7-2-3-10(13-4-5-14-10)6-8(11)9(7)12/h7-8,11H,2-6H2,1H3/t7-,8+/m1/s1. The molecule has 1 N–H and O–H groups in total. The molecule has 0 amide bonds. The quantitative estimate of drug-likeness (QED) is 0.618. The summed E-state index contributed by atoms with van der Waals surface area (Å²) in [5.74, 6) is -0.849. The van der Waals surface area contributed by atoms with Crippen LogP contribution in [0.2, 0.25) is 0 Å². The van der Waals surface area contributed by atoms with Crippen LogP contribution in [0.1, 0.15) is 26.2 Å². The molecule has 80 valence electrons. The van der Waals surface area contributed by atoms with Gasteiger partial charge in [0.2, 0.25) is 0 Å². The van der Waals surface area contributed by atoms with Gasteiger partial charge in [0.15, 0.2) is 11.6 Å². The van der Waals surface area contributed by atoms with Crippen molar-refractivity contribution in [3.63, 3.8) is 0 Å². The third-order valence-electron chi connectivity index (χ3n) is 3.09. The summed E-state index contributed by atoms with van der Waals surface area (Å²) in [6.07, 6.45) is 0.800. The van der Waals surface area contributed by atoms with E-state index in [0.29, 0.717) is 19.6 Å². The lowest BCUT2D eigenvalue weighted by Crippen LogP contribution is -2.35. The van der Waals surface area contributed by atoms with Gasteiger partial charge < -0.3 is 14.6 Å². The van der Waals surface area contributed by atoms with E-state index in [4.69, 9.17) is 9.47 Å². The van der Waals surface area contributed by atoms with Gasteiger partial charge >= 0.3 is 0 Å². The second kappa shape index (κ2) is 3.61. The highest BCUT2D eigenvalue weighted by molar-refractivity contribution is 5.85. The van der Waals surface area contributed by atoms with Gasteiger partial charge in [-0.25, -0.2) is 0 Å². The second-order valence-corrected chi connectivity index (χ2v) is 4.17. The molecule has 1 saturated heterocycles. The van der Waals surface area contributed by atoms with Crippen LogP contribution >= 0.6 is 0 Å². The molecule has 2 atom stereocenters. The molecule has 1 aliphatic carbocycles. The monoisotopic (exact) mass is 200 g/mol. The van der Waals surface area contributed by atoms with Crippen molar-refractivity contribution < 1.29 is 19.4 Å². The lowest BCUT2D eigenvalue weighted by atomic mass is 10.0. The Bertz CT molecular complexity index is 232. The van der Waals surface area contributed by atoms with Crippen LogP contribution in [0.5, 0.6) is 0 Å². The first-order valence-corrected chi connectivity index (χ1v) is 5.13. The first kappa shape index (κ1) is 10.1. The Kier molecular flexibility index (Phi) is 2.60. The largest absolute Gasteiger partial charge is 0.385 e. The van der Waals surface area contributed by atoms with Crippen LogP contribution in [0.4, 0.5) is 0 Å². The fourth-order valence-electron chi connectivity index (χ4n) is 2.16. The fraction of sp³-hybridized carbons (Fsp3) is 0.900. The number of aliphatic hydroxyl groups excluding tert-OH is 1. The van der Waals surface area contributed by atoms with E-state index < -0.39 is 11.9 Å². The van der Waals surface area contributed by atoms with Gasteiger partial charge in [-0.1, -0.05) is 6.92 Å². The lowest BCUT2D eigenvalue weighted by Gasteiger charge is -2.26. The van der Waals surface area contributed by atoms with E-state index in [1.807, 2.05) is 6.92 Å². The van der Waals surface area contributed by atoms with Crippen molar-refractivity contribution in [2.45, 2.75) is 38.1 Å². The van der Waals surface area contributed by atoms with E-state index in [9.17, 15) is 9.90 Å². The maximum Gasteiger partial charge on any atom is 0.171 e. The molecule has 14 heavy (non-hydrogen) atoms. The highest BCUT2D eigenvalue weighted by Gasteiger charge is 2.43. The van der Waals surface area contributed by atoms with Crippen molar-refractivity contribution in [3.8, 4) is 0 Å². The average molecular weight is 200 g/mol. The smallest absolute Gasteiger partial charge is 0.171 e. The van der Waals surface area contributed by atoms with Gasteiger partial charge in [-0.05, 0) is 6.42 Å². The van der Waals surface area contributed by atoms with Crippen LogP contribution in [0.3, 0.4) is 0 Å². The van der Waals surface area contributed by atoms with Gasteiger partial charge in [-0.2, -0.15) is 0 Å². The maximum atomic E-state index is 11.5. The number of carbonyl (C=O) groups excluding carboxylic acids is 1. The molecule has 2 rings (SSSR count). The Morgan fingerprint density at radius 2 is 2.07 bits per heavy atom. The minimum Gasteiger partial charge on any atom is -0.385 e. The van der Waals surface area contributed by atoms with E-state index >= 15 is 0 Å². The Morgan fingerprint density at radius 3 is 2.71 bits per heavy atom. The molecule has 0 radical (unpaired) electrons. The van der Waals surface area contributed by atoms with E-state index in [0.717, 1.165) is 6.42 Å². The minimum atomic E-state index is -0.925. The molecule has 4 nitrogen and oxygen atoms in total. The van der Waals surface area contributed by atoms with Crippen molar-refractivity contribution >= 4 is 5.78 Å². The Hall–Kier alpha value is -0.450. The van der Waals surface area contributed by atoms with Gasteiger partial charge in [0, 0.05) is 18.8 Å². The number of carbonyl (C=O) groups is 1. The molecule has 0 aromatic rings. The number of hydrogen-bond acceptors (Lipinski definition) is 4. The summed E-state index contributed by atoms with van der Waals surface area (Å²) in [6.45, 7) is 2.98. The summed E-state index contributed by atoms with van der Waals surface area (Å²) < 4.78 is 11.0. The molecular formula is C10H16O4. The molecule has 1 aliphatic heterocycles. The molecule has 2 aliphatic rings. The van der Waals surface area contributed by atoms with Gasteiger partial charge in [0.25, 0.3) is 0 Å². The number of hydrogen-bond donors (Lipinski definition) is 1. The van der Waals surface area contributed by atoms with Gasteiger partial charge in [0.05, 0.1) is 13.2 Å². The van der Waals surface area contributed by atoms with Crippen LogP contribution in [-0.4, -0.2) is 36.0 Å². The Morgan fingerprint density at radius 1 is 1.43 bits per heavy atom. The molecule has 2 fully saturated rings. The number of Topliss-reactive ketones (excluding diaryl/α,β-unsaturated/α-hetero) is 1. The zero-order valence-electron chi connectivity index (χ0n) is 8.36. The molecule has 1 spiro atoms. The molecule has 1 saturated carbocycles. The zero-order valence-corrected chi connectivity index (χ0v) is 8.36. The minimum absolute atomic E-state index is 0.0824. The summed E-state index contributed by atoms with van der Waals surface area (Å²) in [5, 5.41) is 9.64. The lowest BCUT2D eigenvalue weighted by molar-refractivity contribution is -0.178. The third kappa shape index (κ3) is 1.69. The molecule has 1 heterocycles. The summed E-state index contributed by atoms with van der Waals surface area (Å²) in [4.78, 5) is 11.5. The van der Waals surface area contributed by atoms with E-state index in [-0.39, 0.29) is 18.1 Å². The van der Waals surface area contributed by atoms with Gasteiger partial charge in [0.1, 0.15) is 6.10 Å². The summed E-state index contributed by atoms with van der Waals surface area (Å²) in [5.41, 5.74) is 0. The third-order valence-corrected chi connectivity index (χ3v) is 3.09. The number of ether oxygens (including phenoxy) is 2. The normalized spacial score (nSPS) is 37.4. The molecule has 0 aromatic heterocycles. The molecule has 0 unspecified atom stereocenters. The van der Waals surface area contributed by atoms with Crippen LogP contribution in [0.15, 0.2) is 0 Å². The predicted octanol–water partition coefficient (Wildman–Crippen LogP) is 0.479. The van der Waals surface area contributed by atoms with Crippen LogP contribution in [0.25, 0.3) is 0 Å². The van der Waals surface area contributed by atoms with Crippen LogP contribution in [-0.2, 0) is 14.3 Å². The zero-order chi connectivity index (χ0) is 10.2. The SMILES string of the molecule is C[C@@H]1CCC2(C[C@H](O)C1=O)OCCO2. The van der Waals surface area contributed by atoms with E-state index in [1.54, 1.807) is 0 Å². The van der Waals surface area contributed by atoms with E-state index in [2.05, 4.69) is 0 Å². The maximum absolute atomic E-state index is 11.5. The second-order valence-electron chi connectivity index (χ2n) is 4.17. The summed E-state index contributed by atoms with van der Waals surface area (Å²) in [6, 6.07) is 0. The molecule has 4 heteroatoms. The summed E-state index contributed by atoms with van der Waals surface area (Å²) >= 11 is 0. The van der Waals surface area contributed by atoms with Crippen molar-refractivity contribution in [1.29, 1.82) is 0 Å². The Labute approximate surface area is 83.2 Å². The first-order valence-electron chi connectivity index (χ1n) is 5.13. The number of rotatable bonds is 0. The average Bonchev–Trinajstić information content (AvgIpc) is 2.58. The fourth-order valence-corrected chi connectivity index (χ4v) is 2.16. The van der Waals surface area contributed by atoms with Crippen molar-refractivity contribution in [3.05, 3.63) is 0 Å². The summed E-state index contributed by atoms with van der Waals surface area (Å²) in [7, 11) is 0.